The van der Waals surface area contributed by atoms with E-state index < -0.39 is 0 Å². The lowest BCUT2D eigenvalue weighted by Gasteiger charge is -2.16. The molecule has 0 spiro atoms. The van der Waals surface area contributed by atoms with Gasteiger partial charge in [0.25, 0.3) is 0 Å². The Labute approximate surface area is 90.1 Å². The molecule has 1 saturated heterocycles. The Morgan fingerprint density at radius 1 is 1.60 bits per heavy atom. The highest BCUT2D eigenvalue weighted by Gasteiger charge is 2.22. The number of likely N-dealkylation sites (tertiary alicyclic amines) is 1. The van der Waals surface area contributed by atoms with Gasteiger partial charge in [-0.2, -0.15) is 0 Å². The molecule has 82 valence electrons. The largest absolute Gasteiger partial charge is 0.299 e. The summed E-state index contributed by atoms with van der Waals surface area (Å²) in [5.41, 5.74) is 2.35. The number of nitrogens with zero attached hydrogens (tertiary/aromatic N) is 2. The Morgan fingerprint density at radius 3 is 3.13 bits per heavy atom. The maximum absolute atomic E-state index is 12.5. The van der Waals surface area contributed by atoms with Gasteiger partial charge in [0.15, 0.2) is 0 Å². The molecule has 1 aliphatic heterocycles. The van der Waals surface area contributed by atoms with Crippen molar-refractivity contribution in [1.82, 2.24) is 9.88 Å². The third-order valence-corrected chi connectivity index (χ3v) is 3.10. The second-order valence-corrected chi connectivity index (χ2v) is 4.29. The van der Waals surface area contributed by atoms with Crippen molar-refractivity contribution in [1.29, 1.82) is 0 Å². The van der Waals surface area contributed by atoms with Crippen molar-refractivity contribution in [2.75, 3.05) is 19.8 Å². The van der Waals surface area contributed by atoms with Crippen LogP contribution in [0.1, 0.15) is 17.7 Å². The van der Waals surface area contributed by atoms with Crippen molar-refractivity contribution in [2.45, 2.75) is 19.9 Å². The lowest BCUT2D eigenvalue weighted by molar-refractivity contribution is 0.295. The fraction of sp³-hybridized carbons (Fsp3) is 0.583. The second kappa shape index (κ2) is 4.71. The molecule has 0 radical (unpaired) electrons. The number of rotatable bonds is 3. The molecule has 15 heavy (non-hydrogen) atoms. The van der Waals surface area contributed by atoms with Gasteiger partial charge in [0.2, 0.25) is 0 Å². The van der Waals surface area contributed by atoms with E-state index in [1.54, 1.807) is 0 Å². The number of halogens is 1. The van der Waals surface area contributed by atoms with Gasteiger partial charge in [-0.05, 0) is 31.5 Å². The topological polar surface area (TPSA) is 16.1 Å². The quantitative estimate of drug-likeness (QED) is 0.757. The number of aromatic nitrogens is 1. The maximum atomic E-state index is 12.5. The first-order valence-corrected chi connectivity index (χ1v) is 5.48. The molecule has 2 heterocycles. The Morgan fingerprint density at radius 2 is 2.47 bits per heavy atom. The summed E-state index contributed by atoms with van der Waals surface area (Å²) in [4.78, 5) is 6.57. The lowest BCUT2D eigenvalue weighted by Crippen LogP contribution is -2.21. The summed E-state index contributed by atoms with van der Waals surface area (Å²) in [6, 6.07) is 4.07. The van der Waals surface area contributed by atoms with E-state index in [0.29, 0.717) is 0 Å². The van der Waals surface area contributed by atoms with Crippen molar-refractivity contribution in [3.8, 4) is 0 Å². The van der Waals surface area contributed by atoms with E-state index in [9.17, 15) is 4.39 Å². The minimum atomic E-state index is -0.178. The standard InChI is InChI=1S/C12H17FN2/c1-10-12(3-2-5-14-10)9-15-6-4-11(7-13)8-15/h2-3,5,11H,4,6-9H2,1H3. The fourth-order valence-electron chi connectivity index (χ4n) is 2.11. The number of aryl methyl sites for hydroxylation is 1. The van der Waals surface area contributed by atoms with E-state index in [0.717, 1.165) is 31.7 Å². The van der Waals surface area contributed by atoms with Gasteiger partial charge in [-0.25, -0.2) is 0 Å². The van der Waals surface area contributed by atoms with Gasteiger partial charge in [0, 0.05) is 30.9 Å². The molecule has 1 aromatic heterocycles. The molecule has 1 aliphatic rings. The lowest BCUT2D eigenvalue weighted by atomic mass is 10.1. The van der Waals surface area contributed by atoms with Crippen LogP contribution in [-0.4, -0.2) is 29.6 Å². The van der Waals surface area contributed by atoms with Crippen LogP contribution in [0.5, 0.6) is 0 Å². The van der Waals surface area contributed by atoms with Crippen LogP contribution in [0.4, 0.5) is 4.39 Å². The number of pyridine rings is 1. The molecule has 3 heteroatoms. The third-order valence-electron chi connectivity index (χ3n) is 3.10. The normalized spacial score (nSPS) is 22.1. The average Bonchev–Trinajstić information content (AvgIpc) is 2.69. The van der Waals surface area contributed by atoms with Crippen molar-refractivity contribution in [3.63, 3.8) is 0 Å². The summed E-state index contributed by atoms with van der Waals surface area (Å²) in [6.45, 7) is 4.67. The number of alkyl halides is 1. The molecule has 0 amide bonds. The van der Waals surface area contributed by atoms with Crippen LogP contribution in [0.15, 0.2) is 18.3 Å². The molecule has 0 bridgehead atoms. The monoisotopic (exact) mass is 208 g/mol. The average molecular weight is 208 g/mol. The molecular formula is C12H17FN2. The molecule has 1 atom stereocenters. The van der Waals surface area contributed by atoms with Gasteiger partial charge < -0.3 is 0 Å². The predicted octanol–water partition coefficient (Wildman–Crippen LogP) is 2.18. The third kappa shape index (κ3) is 2.53. The van der Waals surface area contributed by atoms with Gasteiger partial charge in [0.05, 0.1) is 6.67 Å². The first-order valence-electron chi connectivity index (χ1n) is 5.48. The molecule has 2 nitrogen and oxygen atoms in total. The van der Waals surface area contributed by atoms with E-state index in [4.69, 9.17) is 0 Å². The van der Waals surface area contributed by atoms with E-state index in [-0.39, 0.29) is 12.6 Å². The van der Waals surface area contributed by atoms with Crippen molar-refractivity contribution < 1.29 is 4.39 Å². The smallest absolute Gasteiger partial charge is 0.0935 e. The molecule has 1 fully saturated rings. The predicted molar refractivity (Wildman–Crippen MR) is 58.3 cm³/mol. The highest BCUT2D eigenvalue weighted by molar-refractivity contribution is 5.18. The summed E-state index contributed by atoms with van der Waals surface area (Å²) in [5, 5.41) is 0. The summed E-state index contributed by atoms with van der Waals surface area (Å²) in [7, 11) is 0. The molecule has 0 N–H and O–H groups in total. The minimum Gasteiger partial charge on any atom is -0.299 e. The van der Waals surface area contributed by atoms with Crippen LogP contribution >= 0.6 is 0 Å². The van der Waals surface area contributed by atoms with Gasteiger partial charge in [-0.15, -0.1) is 0 Å². The minimum absolute atomic E-state index is 0.178. The zero-order valence-corrected chi connectivity index (χ0v) is 9.12. The highest BCUT2D eigenvalue weighted by atomic mass is 19.1. The molecule has 0 aliphatic carbocycles. The first kappa shape index (κ1) is 10.6. The molecule has 1 unspecified atom stereocenters. The summed E-state index contributed by atoms with van der Waals surface area (Å²) in [5.74, 6) is 0.252. The van der Waals surface area contributed by atoms with Crippen LogP contribution in [0.3, 0.4) is 0 Å². The van der Waals surface area contributed by atoms with Crippen LogP contribution in [-0.2, 0) is 6.54 Å². The van der Waals surface area contributed by atoms with E-state index in [1.807, 2.05) is 19.2 Å². The number of hydrogen-bond acceptors (Lipinski definition) is 2. The summed E-state index contributed by atoms with van der Waals surface area (Å²) < 4.78 is 12.5. The summed E-state index contributed by atoms with van der Waals surface area (Å²) in [6.07, 6.45) is 2.81. The van der Waals surface area contributed by atoms with Crippen LogP contribution in [0.2, 0.25) is 0 Å². The fourth-order valence-corrected chi connectivity index (χ4v) is 2.11. The van der Waals surface area contributed by atoms with E-state index in [2.05, 4.69) is 16.0 Å². The number of hydrogen-bond donors (Lipinski definition) is 0. The van der Waals surface area contributed by atoms with Crippen LogP contribution < -0.4 is 0 Å². The van der Waals surface area contributed by atoms with Crippen molar-refractivity contribution in [3.05, 3.63) is 29.6 Å². The van der Waals surface area contributed by atoms with Crippen molar-refractivity contribution >= 4 is 0 Å². The van der Waals surface area contributed by atoms with Gasteiger partial charge >= 0.3 is 0 Å². The Hall–Kier alpha value is -0.960. The molecular weight excluding hydrogens is 191 g/mol. The van der Waals surface area contributed by atoms with E-state index in [1.165, 1.54) is 5.56 Å². The van der Waals surface area contributed by atoms with Gasteiger partial charge in [-0.3, -0.25) is 14.3 Å². The van der Waals surface area contributed by atoms with Gasteiger partial charge in [0.1, 0.15) is 0 Å². The van der Waals surface area contributed by atoms with Gasteiger partial charge in [-0.1, -0.05) is 6.07 Å². The zero-order valence-electron chi connectivity index (χ0n) is 9.12. The molecule has 0 saturated carbocycles. The zero-order chi connectivity index (χ0) is 10.7. The van der Waals surface area contributed by atoms with Crippen LogP contribution in [0.25, 0.3) is 0 Å². The first-order chi connectivity index (χ1) is 7.29. The Kier molecular flexibility index (Phi) is 3.31. The highest BCUT2D eigenvalue weighted by Crippen LogP contribution is 2.19. The van der Waals surface area contributed by atoms with E-state index >= 15 is 0 Å². The molecule has 1 aromatic rings. The van der Waals surface area contributed by atoms with Crippen LogP contribution in [0, 0.1) is 12.8 Å². The molecule has 2 rings (SSSR count). The Bertz CT molecular complexity index is 327. The SMILES string of the molecule is Cc1ncccc1CN1CCC(CF)C1. The summed E-state index contributed by atoms with van der Waals surface area (Å²) >= 11 is 0. The Balaban J connectivity index is 1.96. The second-order valence-electron chi connectivity index (χ2n) is 4.29. The maximum Gasteiger partial charge on any atom is 0.0935 e. The van der Waals surface area contributed by atoms with Crippen molar-refractivity contribution in [2.24, 2.45) is 5.92 Å². The molecule has 0 aromatic carbocycles.